The Labute approximate surface area is 198 Å². The van der Waals surface area contributed by atoms with Gasteiger partial charge in [0.05, 0.1) is 6.10 Å². The number of carboxylic acids is 1. The Kier molecular flexibility index (Phi) is 6.61. The zero-order valence-corrected chi connectivity index (χ0v) is 19.4. The average Bonchev–Trinajstić information content (AvgIpc) is 3.35. The van der Waals surface area contributed by atoms with Crippen LogP contribution in [0.1, 0.15) is 50.2 Å². The number of β-amino-alcohol motifs (C(OH)–C–C–N with tert-alkyl or cyclic N) is 1. The molecule has 2 aromatic rings. The SMILES string of the molecule is CCCC(C)(NC(=O)OCC1c2ccccc2-c2ccccc21)C(=O)N1C[C@H](O)C[C@@H]1C(=O)O. The molecule has 1 aliphatic carbocycles. The van der Waals surface area contributed by atoms with E-state index in [1.54, 1.807) is 6.92 Å². The van der Waals surface area contributed by atoms with Crippen molar-refractivity contribution in [3.05, 3.63) is 59.7 Å². The molecule has 0 radical (unpaired) electrons. The summed E-state index contributed by atoms with van der Waals surface area (Å²) in [5, 5.41) is 22.1. The van der Waals surface area contributed by atoms with Crippen molar-refractivity contribution in [1.29, 1.82) is 0 Å². The predicted molar refractivity (Wildman–Crippen MR) is 125 cm³/mol. The zero-order chi connectivity index (χ0) is 24.5. The van der Waals surface area contributed by atoms with Crippen molar-refractivity contribution < 1.29 is 29.3 Å². The number of nitrogens with zero attached hydrogens (tertiary/aromatic N) is 1. The van der Waals surface area contributed by atoms with E-state index in [0.717, 1.165) is 27.2 Å². The van der Waals surface area contributed by atoms with Crippen molar-refractivity contribution in [2.24, 2.45) is 0 Å². The van der Waals surface area contributed by atoms with E-state index in [0.29, 0.717) is 12.8 Å². The third-order valence-electron chi connectivity index (χ3n) is 6.77. The van der Waals surface area contributed by atoms with E-state index in [4.69, 9.17) is 4.74 Å². The van der Waals surface area contributed by atoms with Crippen LogP contribution in [0.3, 0.4) is 0 Å². The topological polar surface area (TPSA) is 116 Å². The first-order valence-electron chi connectivity index (χ1n) is 11.6. The number of hydrogen-bond acceptors (Lipinski definition) is 5. The van der Waals surface area contributed by atoms with Crippen LogP contribution in [-0.4, -0.2) is 63.9 Å². The molecule has 0 bridgehead atoms. The summed E-state index contributed by atoms with van der Waals surface area (Å²) >= 11 is 0. The van der Waals surface area contributed by atoms with Gasteiger partial charge in [0.1, 0.15) is 18.2 Å². The lowest BCUT2D eigenvalue weighted by Gasteiger charge is -2.34. The smallest absolute Gasteiger partial charge is 0.408 e. The number of carbonyl (C=O) groups excluding carboxylic acids is 2. The monoisotopic (exact) mass is 466 g/mol. The fourth-order valence-electron chi connectivity index (χ4n) is 5.17. The Balaban J connectivity index is 1.48. The fourth-order valence-corrected chi connectivity index (χ4v) is 5.17. The number of carboxylic acid groups (broad SMARTS) is 1. The highest BCUT2D eigenvalue weighted by molar-refractivity contribution is 5.93. The number of hydrogen-bond donors (Lipinski definition) is 3. The van der Waals surface area contributed by atoms with Gasteiger partial charge in [-0.1, -0.05) is 61.9 Å². The maximum Gasteiger partial charge on any atom is 0.408 e. The molecule has 180 valence electrons. The number of benzene rings is 2. The van der Waals surface area contributed by atoms with E-state index >= 15 is 0 Å². The van der Waals surface area contributed by atoms with Crippen LogP contribution in [0.5, 0.6) is 0 Å². The minimum Gasteiger partial charge on any atom is -0.480 e. The summed E-state index contributed by atoms with van der Waals surface area (Å²) in [5.74, 6) is -1.83. The Morgan fingerprint density at radius 2 is 1.68 bits per heavy atom. The molecule has 3 atom stereocenters. The lowest BCUT2D eigenvalue weighted by Crippen LogP contribution is -2.59. The second kappa shape index (κ2) is 9.46. The number of fused-ring (bicyclic) bond motifs is 3. The lowest BCUT2D eigenvalue weighted by atomic mass is 9.94. The van der Waals surface area contributed by atoms with Crippen LogP contribution < -0.4 is 5.32 Å². The van der Waals surface area contributed by atoms with Crippen molar-refractivity contribution in [2.45, 2.75) is 56.7 Å². The van der Waals surface area contributed by atoms with Crippen molar-refractivity contribution in [3.63, 3.8) is 0 Å². The van der Waals surface area contributed by atoms with Gasteiger partial charge in [-0.05, 0) is 35.6 Å². The minimum atomic E-state index is -1.35. The summed E-state index contributed by atoms with van der Waals surface area (Å²) in [6, 6.07) is 14.9. The molecule has 3 N–H and O–H groups in total. The number of nitrogens with one attached hydrogen (secondary N) is 1. The Morgan fingerprint density at radius 3 is 2.24 bits per heavy atom. The van der Waals surface area contributed by atoms with Gasteiger partial charge in [-0.25, -0.2) is 9.59 Å². The van der Waals surface area contributed by atoms with Gasteiger partial charge in [-0.3, -0.25) is 4.79 Å². The minimum absolute atomic E-state index is 0.0335. The largest absolute Gasteiger partial charge is 0.480 e. The van der Waals surface area contributed by atoms with E-state index in [9.17, 15) is 24.6 Å². The van der Waals surface area contributed by atoms with Crippen molar-refractivity contribution in [3.8, 4) is 11.1 Å². The molecule has 1 saturated heterocycles. The van der Waals surface area contributed by atoms with E-state index in [2.05, 4.69) is 17.4 Å². The maximum absolute atomic E-state index is 13.3. The Hall–Kier alpha value is -3.39. The molecular formula is C26H30N2O6. The highest BCUT2D eigenvalue weighted by Gasteiger charge is 2.46. The number of carbonyl (C=O) groups is 3. The number of amides is 2. The maximum atomic E-state index is 13.3. The first-order chi connectivity index (χ1) is 16.2. The molecule has 34 heavy (non-hydrogen) atoms. The number of aliphatic hydroxyl groups is 1. The Morgan fingerprint density at radius 1 is 1.09 bits per heavy atom. The molecule has 8 heteroatoms. The van der Waals surface area contributed by atoms with Crippen LogP contribution in [0, 0.1) is 0 Å². The molecule has 1 unspecified atom stereocenters. The number of rotatable bonds is 7. The zero-order valence-electron chi connectivity index (χ0n) is 19.4. The van der Waals surface area contributed by atoms with Crippen molar-refractivity contribution >= 4 is 18.0 Å². The molecule has 1 aliphatic heterocycles. The van der Waals surface area contributed by atoms with E-state index < -0.39 is 35.7 Å². The van der Waals surface area contributed by atoms with Crippen LogP contribution in [0.25, 0.3) is 11.1 Å². The molecular weight excluding hydrogens is 436 g/mol. The van der Waals surface area contributed by atoms with E-state index in [1.807, 2.05) is 43.3 Å². The second-order valence-corrected chi connectivity index (χ2v) is 9.23. The Bertz CT molecular complexity index is 1060. The van der Waals surface area contributed by atoms with E-state index in [-0.39, 0.29) is 25.5 Å². The van der Waals surface area contributed by atoms with Crippen molar-refractivity contribution in [2.75, 3.05) is 13.2 Å². The summed E-state index contributed by atoms with van der Waals surface area (Å²) in [6.45, 7) is 3.47. The normalized spacial score (nSPS) is 20.9. The molecule has 2 amide bonds. The first kappa shape index (κ1) is 23.8. The van der Waals surface area contributed by atoms with Crippen LogP contribution in [0.2, 0.25) is 0 Å². The standard InChI is InChI=1S/C26H30N2O6/c1-3-12-26(2,24(32)28-14-16(29)13-22(28)23(30)31)27-25(33)34-15-21-19-10-6-4-8-17(19)18-9-5-7-11-20(18)21/h4-11,16,21-22,29H,3,12-15H2,1-2H3,(H,27,33)(H,30,31)/t16-,22-,26?/m1/s1. The highest BCUT2D eigenvalue weighted by Crippen LogP contribution is 2.44. The van der Waals surface area contributed by atoms with Gasteiger partial charge in [-0.15, -0.1) is 0 Å². The summed E-state index contributed by atoms with van der Waals surface area (Å²) in [7, 11) is 0. The molecule has 1 heterocycles. The second-order valence-electron chi connectivity index (χ2n) is 9.23. The molecule has 0 spiro atoms. The quantitative estimate of drug-likeness (QED) is 0.577. The fraction of sp³-hybridized carbons (Fsp3) is 0.423. The van der Waals surface area contributed by atoms with E-state index in [1.165, 1.54) is 0 Å². The number of likely N-dealkylation sites (tertiary alicyclic amines) is 1. The molecule has 1 fully saturated rings. The molecule has 2 aromatic carbocycles. The van der Waals surface area contributed by atoms with Crippen LogP contribution in [-0.2, 0) is 14.3 Å². The van der Waals surface area contributed by atoms with Crippen LogP contribution >= 0.6 is 0 Å². The van der Waals surface area contributed by atoms with Gasteiger partial charge in [0.15, 0.2) is 0 Å². The number of alkyl carbamates (subject to hydrolysis) is 1. The van der Waals surface area contributed by atoms with Crippen LogP contribution in [0.4, 0.5) is 4.79 Å². The van der Waals surface area contributed by atoms with Gasteiger partial charge >= 0.3 is 12.1 Å². The molecule has 0 saturated carbocycles. The number of aliphatic carboxylic acids is 1. The highest BCUT2D eigenvalue weighted by atomic mass is 16.5. The lowest BCUT2D eigenvalue weighted by molar-refractivity contribution is -0.150. The summed E-state index contributed by atoms with van der Waals surface area (Å²) in [6.07, 6.45) is -0.799. The van der Waals surface area contributed by atoms with Crippen LogP contribution in [0.15, 0.2) is 48.5 Å². The number of aliphatic hydroxyl groups excluding tert-OH is 1. The van der Waals surface area contributed by atoms with Gasteiger partial charge in [0.2, 0.25) is 5.91 Å². The van der Waals surface area contributed by atoms with Gasteiger partial charge < -0.3 is 25.2 Å². The van der Waals surface area contributed by atoms with Gasteiger partial charge in [0, 0.05) is 18.9 Å². The number of ether oxygens (including phenoxy) is 1. The third-order valence-corrected chi connectivity index (χ3v) is 6.77. The predicted octanol–water partition coefficient (Wildman–Crippen LogP) is 3.13. The summed E-state index contributed by atoms with van der Waals surface area (Å²) in [5.41, 5.74) is 3.05. The average molecular weight is 467 g/mol. The van der Waals surface area contributed by atoms with Crippen molar-refractivity contribution in [1.82, 2.24) is 10.2 Å². The summed E-state index contributed by atoms with van der Waals surface area (Å²) < 4.78 is 5.60. The summed E-state index contributed by atoms with van der Waals surface area (Å²) in [4.78, 5) is 38.9. The molecule has 8 nitrogen and oxygen atoms in total. The van der Waals surface area contributed by atoms with Gasteiger partial charge in [0.25, 0.3) is 0 Å². The van der Waals surface area contributed by atoms with Gasteiger partial charge in [-0.2, -0.15) is 0 Å². The third kappa shape index (κ3) is 4.37. The first-order valence-corrected chi connectivity index (χ1v) is 11.6. The molecule has 4 rings (SSSR count). The molecule has 2 aliphatic rings. The molecule has 0 aromatic heterocycles.